The van der Waals surface area contributed by atoms with E-state index in [1.165, 1.54) is 6.92 Å². The van der Waals surface area contributed by atoms with Crippen molar-refractivity contribution in [2.75, 3.05) is 18.4 Å². The van der Waals surface area contributed by atoms with E-state index >= 15 is 0 Å². The first-order valence-electron chi connectivity index (χ1n) is 7.73. The van der Waals surface area contributed by atoms with Gasteiger partial charge in [0.25, 0.3) is 0 Å². The molecule has 0 aromatic heterocycles. The number of hydrogen-bond donors (Lipinski definition) is 2. The summed E-state index contributed by atoms with van der Waals surface area (Å²) in [5.41, 5.74) is 1.35. The number of carboxylic acids is 1. The first-order chi connectivity index (χ1) is 10.9. The minimum atomic E-state index is -0.854. The molecule has 0 bridgehead atoms. The number of aliphatic carboxylic acids is 1. The van der Waals surface area contributed by atoms with Crippen molar-refractivity contribution in [3.05, 3.63) is 29.8 Å². The van der Waals surface area contributed by atoms with Gasteiger partial charge in [-0.2, -0.15) is 0 Å². The normalized spacial score (nSPS) is 20.9. The zero-order valence-electron chi connectivity index (χ0n) is 13.4. The van der Waals surface area contributed by atoms with Crippen molar-refractivity contribution in [1.29, 1.82) is 0 Å². The Bertz CT molecular complexity index is 614. The average molecular weight is 318 g/mol. The fourth-order valence-electron chi connectivity index (χ4n) is 2.99. The lowest BCUT2D eigenvalue weighted by Crippen LogP contribution is -2.46. The van der Waals surface area contributed by atoms with E-state index in [1.54, 1.807) is 23.1 Å². The summed E-state index contributed by atoms with van der Waals surface area (Å²) in [4.78, 5) is 36.6. The van der Waals surface area contributed by atoms with Gasteiger partial charge in [-0.3, -0.25) is 14.4 Å². The van der Waals surface area contributed by atoms with Crippen LogP contribution >= 0.6 is 0 Å². The van der Waals surface area contributed by atoms with Gasteiger partial charge in [0.1, 0.15) is 0 Å². The molecule has 23 heavy (non-hydrogen) atoms. The number of rotatable bonds is 4. The van der Waals surface area contributed by atoms with E-state index in [0.717, 1.165) is 5.56 Å². The predicted molar refractivity (Wildman–Crippen MR) is 85.9 cm³/mol. The van der Waals surface area contributed by atoms with E-state index in [9.17, 15) is 19.5 Å². The second kappa shape index (κ2) is 7.26. The van der Waals surface area contributed by atoms with Crippen molar-refractivity contribution in [1.82, 2.24) is 4.90 Å². The smallest absolute Gasteiger partial charge is 0.308 e. The van der Waals surface area contributed by atoms with Gasteiger partial charge >= 0.3 is 5.97 Å². The Morgan fingerprint density at radius 3 is 2.61 bits per heavy atom. The Labute approximate surface area is 135 Å². The number of carboxylic acid groups (broad SMARTS) is 1. The number of carbonyl (C=O) groups is 3. The Balaban J connectivity index is 2.09. The van der Waals surface area contributed by atoms with Crippen molar-refractivity contribution in [2.24, 2.45) is 11.8 Å². The molecular weight excluding hydrogens is 296 g/mol. The van der Waals surface area contributed by atoms with E-state index < -0.39 is 11.9 Å². The number of carbonyl (C=O) groups excluding carboxylic acids is 2. The van der Waals surface area contributed by atoms with Gasteiger partial charge in [-0.25, -0.2) is 0 Å². The molecule has 1 aliphatic rings. The topological polar surface area (TPSA) is 86.7 Å². The van der Waals surface area contributed by atoms with Crippen LogP contribution in [0.3, 0.4) is 0 Å². The summed E-state index contributed by atoms with van der Waals surface area (Å²) >= 11 is 0. The first kappa shape index (κ1) is 17.0. The van der Waals surface area contributed by atoms with Crippen molar-refractivity contribution in [2.45, 2.75) is 26.7 Å². The van der Waals surface area contributed by atoms with Crippen LogP contribution in [0.15, 0.2) is 24.3 Å². The summed E-state index contributed by atoms with van der Waals surface area (Å²) in [5.74, 6) is -1.50. The minimum Gasteiger partial charge on any atom is -0.481 e. The van der Waals surface area contributed by atoms with Crippen molar-refractivity contribution in [3.8, 4) is 0 Å². The van der Waals surface area contributed by atoms with E-state index in [0.29, 0.717) is 18.7 Å². The number of nitrogens with zero attached hydrogens (tertiary/aromatic N) is 1. The van der Waals surface area contributed by atoms with Gasteiger partial charge in [0.15, 0.2) is 0 Å². The highest BCUT2D eigenvalue weighted by molar-refractivity contribution is 5.91. The van der Waals surface area contributed by atoms with E-state index in [-0.39, 0.29) is 30.7 Å². The van der Waals surface area contributed by atoms with Gasteiger partial charge in [-0.15, -0.1) is 0 Å². The number of piperidine rings is 1. The van der Waals surface area contributed by atoms with Crippen LogP contribution in [-0.2, 0) is 20.8 Å². The number of anilines is 1. The van der Waals surface area contributed by atoms with Gasteiger partial charge in [-0.05, 0) is 24.0 Å². The summed E-state index contributed by atoms with van der Waals surface area (Å²) in [6.07, 6.45) is 0.747. The van der Waals surface area contributed by atoms with Crippen LogP contribution in [0.2, 0.25) is 0 Å². The fourth-order valence-corrected chi connectivity index (χ4v) is 2.99. The molecule has 6 heteroatoms. The molecule has 1 heterocycles. The highest BCUT2D eigenvalue weighted by Crippen LogP contribution is 2.23. The molecule has 2 unspecified atom stereocenters. The van der Waals surface area contributed by atoms with Crippen LogP contribution in [0.1, 0.15) is 25.8 Å². The highest BCUT2D eigenvalue weighted by Gasteiger charge is 2.31. The summed E-state index contributed by atoms with van der Waals surface area (Å²) in [5, 5.41) is 11.9. The first-order valence-corrected chi connectivity index (χ1v) is 7.73. The number of nitrogens with one attached hydrogen (secondary N) is 1. The maximum absolute atomic E-state index is 12.5. The van der Waals surface area contributed by atoms with Gasteiger partial charge in [0.05, 0.1) is 12.3 Å². The predicted octanol–water partition coefficient (Wildman–Crippen LogP) is 1.76. The molecule has 1 aliphatic heterocycles. The van der Waals surface area contributed by atoms with Crippen LogP contribution in [0, 0.1) is 11.8 Å². The number of hydrogen-bond acceptors (Lipinski definition) is 3. The molecule has 0 radical (unpaired) electrons. The molecule has 0 saturated carbocycles. The molecule has 1 aromatic rings. The van der Waals surface area contributed by atoms with Crippen molar-refractivity contribution < 1.29 is 19.5 Å². The van der Waals surface area contributed by atoms with E-state index in [1.807, 2.05) is 13.0 Å². The average Bonchev–Trinajstić information content (AvgIpc) is 2.48. The van der Waals surface area contributed by atoms with Crippen LogP contribution < -0.4 is 5.32 Å². The molecule has 1 fully saturated rings. The largest absolute Gasteiger partial charge is 0.481 e. The maximum atomic E-state index is 12.5. The van der Waals surface area contributed by atoms with Gasteiger partial charge in [-0.1, -0.05) is 25.1 Å². The quantitative estimate of drug-likeness (QED) is 0.885. The highest BCUT2D eigenvalue weighted by atomic mass is 16.4. The van der Waals surface area contributed by atoms with Crippen LogP contribution in [0.5, 0.6) is 0 Å². The molecule has 0 aliphatic carbocycles. The monoisotopic (exact) mass is 318 g/mol. The maximum Gasteiger partial charge on any atom is 0.308 e. The summed E-state index contributed by atoms with van der Waals surface area (Å²) in [6, 6.07) is 7.16. The third-order valence-corrected chi connectivity index (χ3v) is 4.03. The molecule has 6 nitrogen and oxygen atoms in total. The number of likely N-dealkylation sites (tertiary alicyclic amines) is 1. The van der Waals surface area contributed by atoms with E-state index in [2.05, 4.69) is 5.32 Å². The van der Waals surface area contributed by atoms with Crippen LogP contribution in [-0.4, -0.2) is 40.9 Å². The molecule has 124 valence electrons. The molecule has 2 N–H and O–H groups in total. The molecule has 1 saturated heterocycles. The molecule has 1 aromatic carbocycles. The van der Waals surface area contributed by atoms with Gasteiger partial charge in [0.2, 0.25) is 11.8 Å². The minimum absolute atomic E-state index is 0.111. The van der Waals surface area contributed by atoms with Gasteiger partial charge in [0, 0.05) is 25.7 Å². The molecule has 0 spiro atoms. The Morgan fingerprint density at radius 1 is 1.26 bits per heavy atom. The Hall–Kier alpha value is -2.37. The summed E-state index contributed by atoms with van der Waals surface area (Å²) in [7, 11) is 0. The van der Waals surface area contributed by atoms with Crippen molar-refractivity contribution >= 4 is 23.5 Å². The fraction of sp³-hybridized carbons (Fsp3) is 0.471. The lowest BCUT2D eigenvalue weighted by molar-refractivity contribution is -0.146. The number of para-hydroxylation sites is 1. The zero-order chi connectivity index (χ0) is 17.0. The molecule has 2 rings (SSSR count). The van der Waals surface area contributed by atoms with E-state index in [4.69, 9.17) is 0 Å². The molecule has 2 amide bonds. The lowest BCUT2D eigenvalue weighted by atomic mass is 9.90. The van der Waals surface area contributed by atoms with Crippen LogP contribution in [0.4, 0.5) is 5.69 Å². The molecular formula is C17H22N2O4. The second-order valence-corrected chi connectivity index (χ2v) is 6.19. The second-order valence-electron chi connectivity index (χ2n) is 6.19. The summed E-state index contributed by atoms with van der Waals surface area (Å²) < 4.78 is 0. The summed E-state index contributed by atoms with van der Waals surface area (Å²) in [6.45, 7) is 4.20. The Kier molecular flexibility index (Phi) is 5.36. The van der Waals surface area contributed by atoms with Crippen molar-refractivity contribution in [3.63, 3.8) is 0 Å². The zero-order valence-corrected chi connectivity index (χ0v) is 13.4. The lowest BCUT2D eigenvalue weighted by Gasteiger charge is -2.34. The number of benzene rings is 1. The standard InChI is InChI=1S/C17H22N2O4/c1-11-7-14(17(22)23)10-19(9-11)16(21)8-13-5-3-4-6-15(13)18-12(2)20/h3-6,11,14H,7-10H2,1-2H3,(H,18,20)(H,22,23). The van der Waals surface area contributed by atoms with Crippen LogP contribution in [0.25, 0.3) is 0 Å². The Morgan fingerprint density at radius 2 is 1.96 bits per heavy atom. The third-order valence-electron chi connectivity index (χ3n) is 4.03. The third kappa shape index (κ3) is 4.55. The SMILES string of the molecule is CC(=O)Nc1ccccc1CC(=O)N1CC(C)CC(C(=O)O)C1. The van der Waals surface area contributed by atoms with Gasteiger partial charge < -0.3 is 15.3 Å². The molecule has 2 atom stereocenters. The number of amides is 2.